The van der Waals surface area contributed by atoms with Crippen molar-refractivity contribution in [2.24, 2.45) is 5.41 Å². The minimum atomic E-state index is 0.256. The van der Waals surface area contributed by atoms with Gasteiger partial charge in [0.1, 0.15) is 0 Å². The Labute approximate surface area is 105 Å². The average Bonchev–Trinajstić information content (AvgIpc) is 2.30. The first-order valence-electron chi connectivity index (χ1n) is 6.98. The van der Waals surface area contributed by atoms with E-state index in [0.29, 0.717) is 12.2 Å². The molecule has 0 N–H and O–H groups in total. The predicted octanol–water partition coefficient (Wildman–Crippen LogP) is 3.71. The fourth-order valence-electron chi connectivity index (χ4n) is 2.58. The van der Waals surface area contributed by atoms with E-state index in [1.54, 1.807) is 0 Å². The van der Waals surface area contributed by atoms with Gasteiger partial charge in [0.05, 0.1) is 18.8 Å². The molecule has 0 radical (unpaired) electrons. The van der Waals surface area contributed by atoms with E-state index in [0.717, 1.165) is 26.1 Å². The van der Waals surface area contributed by atoms with Gasteiger partial charge in [-0.1, -0.05) is 26.8 Å². The van der Waals surface area contributed by atoms with Crippen LogP contribution in [-0.2, 0) is 9.47 Å². The zero-order valence-electron chi connectivity index (χ0n) is 11.5. The Bertz CT molecular complexity index is 269. The smallest absolute Gasteiger partial charge is 0.0685 e. The number of ether oxygens (including phenoxy) is 2. The van der Waals surface area contributed by atoms with E-state index < -0.39 is 0 Å². The largest absolute Gasteiger partial charge is 0.378 e. The topological polar surface area (TPSA) is 18.5 Å². The van der Waals surface area contributed by atoms with Gasteiger partial charge in [-0.2, -0.15) is 0 Å². The van der Waals surface area contributed by atoms with Crippen LogP contribution in [-0.4, -0.2) is 25.4 Å². The molecule has 17 heavy (non-hydrogen) atoms. The Hall–Kier alpha value is -0.340. The second kappa shape index (κ2) is 5.53. The molecule has 1 saturated heterocycles. The van der Waals surface area contributed by atoms with Crippen LogP contribution in [0.15, 0.2) is 11.6 Å². The third-order valence-electron chi connectivity index (χ3n) is 3.86. The van der Waals surface area contributed by atoms with Crippen LogP contribution in [0.5, 0.6) is 0 Å². The third-order valence-corrected chi connectivity index (χ3v) is 3.86. The molecular formula is C15H26O2. The first kappa shape index (κ1) is 13.1. The molecule has 0 aliphatic carbocycles. The Kier molecular flexibility index (Phi) is 4.26. The highest BCUT2D eigenvalue weighted by Gasteiger charge is 2.25. The average molecular weight is 238 g/mol. The van der Waals surface area contributed by atoms with Crippen LogP contribution in [0.3, 0.4) is 0 Å². The molecule has 2 heteroatoms. The molecule has 0 saturated carbocycles. The number of rotatable bonds is 2. The van der Waals surface area contributed by atoms with Gasteiger partial charge in [-0.15, -0.1) is 0 Å². The van der Waals surface area contributed by atoms with Crippen LogP contribution in [0.2, 0.25) is 0 Å². The zero-order valence-corrected chi connectivity index (χ0v) is 11.5. The van der Waals surface area contributed by atoms with Crippen LogP contribution in [0.1, 0.15) is 52.9 Å². The van der Waals surface area contributed by atoms with Gasteiger partial charge in [-0.25, -0.2) is 0 Å². The van der Waals surface area contributed by atoms with E-state index >= 15 is 0 Å². The van der Waals surface area contributed by atoms with Crippen molar-refractivity contribution in [3.05, 3.63) is 11.6 Å². The van der Waals surface area contributed by atoms with E-state index in [-0.39, 0.29) is 5.41 Å². The van der Waals surface area contributed by atoms with E-state index in [9.17, 15) is 0 Å². The maximum atomic E-state index is 5.97. The summed E-state index contributed by atoms with van der Waals surface area (Å²) < 4.78 is 11.7. The standard InChI is InChI=1S/C15H26O2/c1-15(2,3)12-7-8-14(17-11-12)10-13-6-4-5-9-16-13/h7,13-14H,4-6,8-11H2,1-3H3. The van der Waals surface area contributed by atoms with Crippen LogP contribution < -0.4 is 0 Å². The molecule has 0 bridgehead atoms. The Morgan fingerprint density at radius 1 is 1.18 bits per heavy atom. The van der Waals surface area contributed by atoms with E-state index in [1.807, 2.05) is 0 Å². The molecule has 2 rings (SSSR count). The second-order valence-corrected chi connectivity index (χ2v) is 6.37. The summed E-state index contributed by atoms with van der Waals surface area (Å²) in [5.41, 5.74) is 1.70. The molecule has 0 aromatic carbocycles. The van der Waals surface area contributed by atoms with Crippen molar-refractivity contribution in [2.75, 3.05) is 13.2 Å². The quantitative estimate of drug-likeness (QED) is 0.683. The molecule has 98 valence electrons. The second-order valence-electron chi connectivity index (χ2n) is 6.37. The van der Waals surface area contributed by atoms with E-state index in [2.05, 4.69) is 26.8 Å². The Morgan fingerprint density at radius 3 is 2.53 bits per heavy atom. The first-order valence-corrected chi connectivity index (χ1v) is 6.98. The molecule has 2 nitrogen and oxygen atoms in total. The lowest BCUT2D eigenvalue weighted by atomic mass is 9.84. The number of hydrogen-bond acceptors (Lipinski definition) is 2. The fraction of sp³-hybridized carbons (Fsp3) is 0.867. The molecule has 0 spiro atoms. The lowest BCUT2D eigenvalue weighted by molar-refractivity contribution is -0.0364. The van der Waals surface area contributed by atoms with Gasteiger partial charge in [-0.3, -0.25) is 0 Å². The highest BCUT2D eigenvalue weighted by atomic mass is 16.5. The summed E-state index contributed by atoms with van der Waals surface area (Å²) in [4.78, 5) is 0. The monoisotopic (exact) mass is 238 g/mol. The molecule has 0 aromatic heterocycles. The van der Waals surface area contributed by atoms with Crippen molar-refractivity contribution >= 4 is 0 Å². The van der Waals surface area contributed by atoms with Gasteiger partial charge < -0.3 is 9.47 Å². The molecule has 2 aliphatic rings. The van der Waals surface area contributed by atoms with Crippen molar-refractivity contribution in [1.29, 1.82) is 0 Å². The molecule has 0 amide bonds. The predicted molar refractivity (Wildman–Crippen MR) is 70.1 cm³/mol. The highest BCUT2D eigenvalue weighted by Crippen LogP contribution is 2.31. The van der Waals surface area contributed by atoms with Crippen LogP contribution >= 0.6 is 0 Å². The summed E-state index contributed by atoms with van der Waals surface area (Å²) in [5, 5.41) is 0. The highest BCUT2D eigenvalue weighted by molar-refractivity contribution is 5.14. The SMILES string of the molecule is CC(C)(C)C1=CCC(CC2CCCCO2)OC1. The summed E-state index contributed by atoms with van der Waals surface area (Å²) in [7, 11) is 0. The molecule has 1 fully saturated rings. The van der Waals surface area contributed by atoms with Gasteiger partial charge in [0.15, 0.2) is 0 Å². The summed E-state index contributed by atoms with van der Waals surface area (Å²) in [6.07, 6.45) is 9.12. The van der Waals surface area contributed by atoms with Gasteiger partial charge >= 0.3 is 0 Å². The summed E-state index contributed by atoms with van der Waals surface area (Å²) in [6.45, 7) is 8.52. The van der Waals surface area contributed by atoms with Gasteiger partial charge in [0, 0.05) is 13.0 Å². The fourth-order valence-corrected chi connectivity index (χ4v) is 2.58. The number of hydrogen-bond donors (Lipinski definition) is 0. The van der Waals surface area contributed by atoms with Gasteiger partial charge in [-0.05, 0) is 36.7 Å². The molecule has 2 aliphatic heterocycles. The summed E-state index contributed by atoms with van der Waals surface area (Å²) in [5.74, 6) is 0. The van der Waals surface area contributed by atoms with Crippen molar-refractivity contribution < 1.29 is 9.47 Å². The zero-order chi connectivity index (χ0) is 12.3. The van der Waals surface area contributed by atoms with E-state index in [4.69, 9.17) is 9.47 Å². The Balaban J connectivity index is 1.80. The van der Waals surface area contributed by atoms with Gasteiger partial charge in [0.25, 0.3) is 0 Å². The molecule has 2 atom stereocenters. The summed E-state index contributed by atoms with van der Waals surface area (Å²) in [6, 6.07) is 0. The van der Waals surface area contributed by atoms with Gasteiger partial charge in [0.2, 0.25) is 0 Å². The molecular weight excluding hydrogens is 212 g/mol. The van der Waals surface area contributed by atoms with Crippen LogP contribution in [0.4, 0.5) is 0 Å². The maximum Gasteiger partial charge on any atom is 0.0685 e. The lowest BCUT2D eigenvalue weighted by Crippen LogP contribution is -2.30. The minimum absolute atomic E-state index is 0.256. The first-order chi connectivity index (χ1) is 8.05. The third kappa shape index (κ3) is 3.82. The normalized spacial score (nSPS) is 31.1. The van der Waals surface area contributed by atoms with Crippen LogP contribution in [0, 0.1) is 5.41 Å². The molecule has 0 aromatic rings. The van der Waals surface area contributed by atoms with E-state index in [1.165, 1.54) is 24.8 Å². The lowest BCUT2D eigenvalue weighted by Gasteiger charge is -2.32. The van der Waals surface area contributed by atoms with Crippen molar-refractivity contribution in [1.82, 2.24) is 0 Å². The van der Waals surface area contributed by atoms with Crippen molar-refractivity contribution in [3.63, 3.8) is 0 Å². The minimum Gasteiger partial charge on any atom is -0.378 e. The summed E-state index contributed by atoms with van der Waals surface area (Å²) >= 11 is 0. The maximum absolute atomic E-state index is 5.97. The molecule has 2 unspecified atom stereocenters. The molecule has 2 heterocycles. The van der Waals surface area contributed by atoms with Crippen molar-refractivity contribution in [3.8, 4) is 0 Å². The Morgan fingerprint density at radius 2 is 2.00 bits per heavy atom. The van der Waals surface area contributed by atoms with Crippen molar-refractivity contribution in [2.45, 2.75) is 65.1 Å². The van der Waals surface area contributed by atoms with Crippen LogP contribution in [0.25, 0.3) is 0 Å².